The Bertz CT molecular complexity index is 469. The van der Waals surface area contributed by atoms with Gasteiger partial charge in [0.1, 0.15) is 11.9 Å². The van der Waals surface area contributed by atoms with E-state index in [1.54, 1.807) is 0 Å². The van der Waals surface area contributed by atoms with E-state index in [1.807, 2.05) is 0 Å². The predicted octanol–water partition coefficient (Wildman–Crippen LogP) is 1.45. The van der Waals surface area contributed by atoms with Crippen LogP contribution in [0.1, 0.15) is 5.69 Å². The summed E-state index contributed by atoms with van der Waals surface area (Å²) in [4.78, 5) is 12.5. The molecule has 0 aliphatic heterocycles. The van der Waals surface area contributed by atoms with Crippen molar-refractivity contribution in [2.24, 2.45) is 0 Å². The van der Waals surface area contributed by atoms with Crippen molar-refractivity contribution >= 4 is 17.4 Å². The predicted molar refractivity (Wildman–Crippen MR) is 59.7 cm³/mol. The van der Waals surface area contributed by atoms with Crippen LogP contribution in [0, 0.1) is 10.1 Å². The Morgan fingerprint density at radius 3 is 2.63 bits per heavy atom. The maximum absolute atomic E-state index is 12.4. The van der Waals surface area contributed by atoms with Crippen molar-refractivity contribution in [2.45, 2.75) is 17.2 Å². The van der Waals surface area contributed by atoms with Gasteiger partial charge in [-0.15, -0.1) is 11.8 Å². The molecule has 0 bridgehead atoms. The normalized spacial score (nSPS) is 13.3. The molecular formula is C9H9F3N2O4S. The van der Waals surface area contributed by atoms with Gasteiger partial charge in [0.2, 0.25) is 0 Å². The molecule has 1 unspecified atom stereocenters. The van der Waals surface area contributed by atoms with E-state index in [4.69, 9.17) is 10.2 Å². The summed E-state index contributed by atoms with van der Waals surface area (Å²) < 4.78 is 37.3. The van der Waals surface area contributed by atoms with Gasteiger partial charge >= 0.3 is 11.9 Å². The SMILES string of the molecule is O=[N+]([O-])c1cnc(C(F)(F)F)cc1SCC(O)CO. The molecule has 0 spiro atoms. The molecule has 0 radical (unpaired) electrons. The molecule has 1 rings (SSSR count). The van der Waals surface area contributed by atoms with E-state index in [-0.39, 0.29) is 10.6 Å². The Morgan fingerprint density at radius 1 is 1.53 bits per heavy atom. The fourth-order valence-corrected chi connectivity index (χ4v) is 2.02. The minimum atomic E-state index is -4.71. The fraction of sp³-hybridized carbons (Fsp3) is 0.444. The van der Waals surface area contributed by atoms with Crippen LogP contribution >= 0.6 is 11.8 Å². The number of thioether (sulfide) groups is 1. The standard InChI is InChI=1S/C9H9F3N2O4S/c10-9(11,12)8-1-7(19-4-5(16)3-15)6(2-13-8)14(17)18/h1-2,5,15-16H,3-4H2. The van der Waals surface area contributed by atoms with Crippen molar-refractivity contribution in [1.82, 2.24) is 4.98 Å². The van der Waals surface area contributed by atoms with Crippen LogP contribution in [-0.4, -0.2) is 38.6 Å². The molecule has 0 fully saturated rings. The highest BCUT2D eigenvalue weighted by Crippen LogP contribution is 2.35. The number of aromatic nitrogens is 1. The van der Waals surface area contributed by atoms with Crippen LogP contribution in [0.25, 0.3) is 0 Å². The Hall–Kier alpha value is -1.39. The van der Waals surface area contributed by atoms with Crippen LogP contribution < -0.4 is 0 Å². The number of alkyl halides is 3. The van der Waals surface area contributed by atoms with E-state index in [9.17, 15) is 23.3 Å². The highest BCUT2D eigenvalue weighted by Gasteiger charge is 2.34. The van der Waals surface area contributed by atoms with Crippen molar-refractivity contribution in [1.29, 1.82) is 0 Å². The van der Waals surface area contributed by atoms with Gasteiger partial charge < -0.3 is 10.2 Å². The molecule has 19 heavy (non-hydrogen) atoms. The van der Waals surface area contributed by atoms with Crippen molar-refractivity contribution in [2.75, 3.05) is 12.4 Å². The Kier molecular flexibility index (Phi) is 5.09. The van der Waals surface area contributed by atoms with Crippen LogP contribution in [0.4, 0.5) is 18.9 Å². The first-order valence-electron chi connectivity index (χ1n) is 4.89. The zero-order valence-electron chi connectivity index (χ0n) is 9.29. The maximum Gasteiger partial charge on any atom is 0.433 e. The minimum Gasteiger partial charge on any atom is -0.394 e. The van der Waals surface area contributed by atoms with Gasteiger partial charge in [0, 0.05) is 5.75 Å². The largest absolute Gasteiger partial charge is 0.433 e. The van der Waals surface area contributed by atoms with Gasteiger partial charge in [0.15, 0.2) is 0 Å². The second kappa shape index (κ2) is 6.17. The summed E-state index contributed by atoms with van der Waals surface area (Å²) in [5.41, 5.74) is -1.83. The van der Waals surface area contributed by atoms with Crippen LogP contribution in [0.15, 0.2) is 17.2 Å². The Labute approximate surface area is 109 Å². The average molecular weight is 298 g/mol. The molecule has 0 aliphatic rings. The first-order chi connectivity index (χ1) is 8.75. The molecule has 106 valence electrons. The van der Waals surface area contributed by atoms with Crippen LogP contribution in [0.3, 0.4) is 0 Å². The van der Waals surface area contributed by atoms with Crippen LogP contribution in [-0.2, 0) is 6.18 Å². The molecule has 6 nitrogen and oxygen atoms in total. The highest BCUT2D eigenvalue weighted by molar-refractivity contribution is 7.99. The van der Waals surface area contributed by atoms with Gasteiger partial charge in [-0.2, -0.15) is 13.2 Å². The van der Waals surface area contributed by atoms with Gasteiger partial charge in [0.25, 0.3) is 0 Å². The first kappa shape index (κ1) is 15.7. The van der Waals surface area contributed by atoms with E-state index in [1.165, 1.54) is 0 Å². The number of aliphatic hydroxyl groups excluding tert-OH is 2. The molecule has 0 aliphatic carbocycles. The highest BCUT2D eigenvalue weighted by atomic mass is 32.2. The van der Waals surface area contributed by atoms with Crippen molar-refractivity contribution in [3.63, 3.8) is 0 Å². The zero-order chi connectivity index (χ0) is 14.6. The number of hydrogen-bond donors (Lipinski definition) is 2. The zero-order valence-corrected chi connectivity index (χ0v) is 10.1. The van der Waals surface area contributed by atoms with Gasteiger partial charge in [-0.1, -0.05) is 0 Å². The summed E-state index contributed by atoms with van der Waals surface area (Å²) in [6.07, 6.45) is -5.36. The van der Waals surface area contributed by atoms with Crippen molar-refractivity contribution in [3.8, 4) is 0 Å². The van der Waals surface area contributed by atoms with Crippen molar-refractivity contribution < 1.29 is 28.3 Å². The molecule has 0 aromatic carbocycles. The first-order valence-corrected chi connectivity index (χ1v) is 5.87. The molecule has 1 aromatic rings. The second-order valence-corrected chi connectivity index (χ2v) is 4.50. The quantitative estimate of drug-likeness (QED) is 0.485. The number of halogens is 3. The van der Waals surface area contributed by atoms with Gasteiger partial charge in [-0.05, 0) is 6.07 Å². The van der Waals surface area contributed by atoms with Gasteiger partial charge in [-0.25, -0.2) is 4.98 Å². The molecule has 1 heterocycles. The third kappa shape index (κ3) is 4.33. The number of pyridine rings is 1. The lowest BCUT2D eigenvalue weighted by atomic mass is 10.3. The smallest absolute Gasteiger partial charge is 0.394 e. The summed E-state index contributed by atoms with van der Waals surface area (Å²) in [5, 5.41) is 28.3. The summed E-state index contributed by atoms with van der Waals surface area (Å²) in [5.74, 6) is -0.168. The summed E-state index contributed by atoms with van der Waals surface area (Å²) >= 11 is 0.647. The number of rotatable bonds is 5. The molecule has 10 heteroatoms. The lowest BCUT2D eigenvalue weighted by molar-refractivity contribution is -0.388. The number of hydrogen-bond acceptors (Lipinski definition) is 6. The molecule has 1 atom stereocenters. The van der Waals surface area contributed by atoms with E-state index in [2.05, 4.69) is 4.98 Å². The Balaban J connectivity index is 3.06. The van der Waals surface area contributed by atoms with Crippen LogP contribution in [0.5, 0.6) is 0 Å². The monoisotopic (exact) mass is 298 g/mol. The Morgan fingerprint density at radius 2 is 2.16 bits per heavy atom. The molecule has 0 amide bonds. The summed E-state index contributed by atoms with van der Waals surface area (Å²) in [6, 6.07) is 0.549. The van der Waals surface area contributed by atoms with E-state index in [0.717, 1.165) is 0 Å². The second-order valence-electron chi connectivity index (χ2n) is 3.44. The topological polar surface area (TPSA) is 96.5 Å². The van der Waals surface area contributed by atoms with E-state index in [0.29, 0.717) is 24.0 Å². The third-order valence-corrected chi connectivity index (χ3v) is 3.16. The molecule has 0 saturated heterocycles. The summed E-state index contributed by atoms with van der Waals surface area (Å²) in [6.45, 7) is -0.585. The summed E-state index contributed by atoms with van der Waals surface area (Å²) in [7, 11) is 0. The van der Waals surface area contributed by atoms with Gasteiger partial charge in [0.05, 0.1) is 22.5 Å². The molecule has 1 aromatic heterocycles. The fourth-order valence-electron chi connectivity index (χ4n) is 1.08. The third-order valence-electron chi connectivity index (χ3n) is 1.98. The number of aliphatic hydroxyl groups is 2. The average Bonchev–Trinajstić information content (AvgIpc) is 2.34. The minimum absolute atomic E-state index is 0.168. The molecule has 0 saturated carbocycles. The molecule has 2 N–H and O–H groups in total. The van der Waals surface area contributed by atoms with Crippen LogP contribution in [0.2, 0.25) is 0 Å². The van der Waals surface area contributed by atoms with E-state index >= 15 is 0 Å². The molecular weight excluding hydrogens is 289 g/mol. The lowest BCUT2D eigenvalue weighted by Gasteiger charge is -2.09. The maximum atomic E-state index is 12.4. The van der Waals surface area contributed by atoms with Crippen molar-refractivity contribution in [3.05, 3.63) is 28.1 Å². The van der Waals surface area contributed by atoms with Gasteiger partial charge in [-0.3, -0.25) is 10.1 Å². The van der Waals surface area contributed by atoms with E-state index < -0.39 is 35.2 Å². The number of nitrogens with zero attached hydrogens (tertiary/aromatic N) is 2. The lowest BCUT2D eigenvalue weighted by Crippen LogP contribution is -2.15. The number of nitro groups is 1.